The van der Waals surface area contributed by atoms with Gasteiger partial charge in [-0.2, -0.15) is 0 Å². The Balaban J connectivity index is 2.09. The molecule has 2 aliphatic carbocycles. The van der Waals surface area contributed by atoms with Gasteiger partial charge in [0.05, 0.1) is 0 Å². The van der Waals surface area contributed by atoms with Crippen LogP contribution in [0.2, 0.25) is 0 Å². The van der Waals surface area contributed by atoms with Gasteiger partial charge in [-0.25, -0.2) is 0 Å². The van der Waals surface area contributed by atoms with Crippen molar-refractivity contribution in [1.29, 1.82) is 0 Å². The Labute approximate surface area is 127 Å². The number of nitrogens with one attached hydrogen (secondary N) is 1. The maximum Gasteiger partial charge on any atom is 0.224 e. The molecule has 21 heavy (non-hydrogen) atoms. The molecule has 0 aliphatic heterocycles. The predicted molar refractivity (Wildman–Crippen MR) is 83.0 cm³/mol. The van der Waals surface area contributed by atoms with Crippen molar-refractivity contribution in [3.63, 3.8) is 0 Å². The molecule has 120 valence electrons. The second kappa shape index (κ2) is 6.67. The first-order chi connectivity index (χ1) is 10.0. The number of amides is 1. The van der Waals surface area contributed by atoms with Crippen LogP contribution in [0.25, 0.3) is 0 Å². The molecule has 5 heteroatoms. The standard InChI is InChI=1S/C16H29N3O2/c1-3-12-7-9-16(10-8-12,15(17)19-21)18-14(20)13-6-4-5-11(13)2/h11-13,21H,3-10H2,1-2H3,(H2,17,19)(H,18,20). The van der Waals surface area contributed by atoms with Gasteiger partial charge in [-0.05, 0) is 50.4 Å². The van der Waals surface area contributed by atoms with Crippen LogP contribution in [-0.2, 0) is 4.79 Å². The van der Waals surface area contributed by atoms with Crippen LogP contribution in [0.1, 0.15) is 65.2 Å². The summed E-state index contributed by atoms with van der Waals surface area (Å²) in [5, 5.41) is 15.5. The van der Waals surface area contributed by atoms with Crippen molar-refractivity contribution in [2.45, 2.75) is 70.8 Å². The van der Waals surface area contributed by atoms with Crippen molar-refractivity contribution in [1.82, 2.24) is 5.32 Å². The van der Waals surface area contributed by atoms with Crippen molar-refractivity contribution < 1.29 is 10.0 Å². The van der Waals surface area contributed by atoms with E-state index < -0.39 is 5.54 Å². The van der Waals surface area contributed by atoms with Crippen LogP contribution in [0.15, 0.2) is 5.16 Å². The Bertz CT molecular complexity index is 400. The molecule has 2 rings (SSSR count). The largest absolute Gasteiger partial charge is 0.409 e. The van der Waals surface area contributed by atoms with Gasteiger partial charge in [-0.3, -0.25) is 4.79 Å². The maximum absolute atomic E-state index is 12.6. The lowest BCUT2D eigenvalue weighted by molar-refractivity contribution is -0.127. The lowest BCUT2D eigenvalue weighted by atomic mass is 9.74. The molecule has 2 atom stereocenters. The lowest BCUT2D eigenvalue weighted by Gasteiger charge is -2.40. The number of carbonyl (C=O) groups excluding carboxylic acids is 1. The lowest BCUT2D eigenvalue weighted by Crippen LogP contribution is -2.60. The van der Waals surface area contributed by atoms with Gasteiger partial charge >= 0.3 is 0 Å². The molecule has 5 nitrogen and oxygen atoms in total. The second-order valence-electron chi connectivity index (χ2n) is 6.92. The fourth-order valence-corrected chi connectivity index (χ4v) is 3.98. The fourth-order valence-electron chi connectivity index (χ4n) is 3.98. The third-order valence-electron chi connectivity index (χ3n) is 5.69. The molecule has 0 radical (unpaired) electrons. The number of hydrogen-bond acceptors (Lipinski definition) is 3. The number of oxime groups is 1. The molecule has 2 unspecified atom stereocenters. The first-order valence-corrected chi connectivity index (χ1v) is 8.32. The van der Waals surface area contributed by atoms with Gasteiger partial charge in [0.2, 0.25) is 5.91 Å². The minimum Gasteiger partial charge on any atom is -0.409 e. The Morgan fingerprint density at radius 1 is 1.33 bits per heavy atom. The summed E-state index contributed by atoms with van der Waals surface area (Å²) < 4.78 is 0. The Morgan fingerprint density at radius 3 is 2.48 bits per heavy atom. The van der Waals surface area contributed by atoms with Crippen molar-refractivity contribution in [2.24, 2.45) is 28.6 Å². The van der Waals surface area contributed by atoms with E-state index in [1.807, 2.05) is 0 Å². The Kier molecular flexibility index (Phi) is 5.12. The average molecular weight is 295 g/mol. The van der Waals surface area contributed by atoms with Crippen LogP contribution in [0, 0.1) is 17.8 Å². The third kappa shape index (κ3) is 3.33. The number of amidine groups is 1. The van der Waals surface area contributed by atoms with E-state index in [4.69, 9.17) is 10.9 Å². The zero-order valence-corrected chi connectivity index (χ0v) is 13.3. The average Bonchev–Trinajstić information content (AvgIpc) is 2.93. The summed E-state index contributed by atoms with van der Waals surface area (Å²) in [6.45, 7) is 4.33. The minimum atomic E-state index is -0.639. The molecule has 0 heterocycles. The van der Waals surface area contributed by atoms with E-state index in [-0.39, 0.29) is 17.7 Å². The summed E-state index contributed by atoms with van der Waals surface area (Å²) in [7, 11) is 0. The van der Waals surface area contributed by atoms with Crippen LogP contribution in [0.4, 0.5) is 0 Å². The van der Waals surface area contributed by atoms with E-state index in [1.54, 1.807) is 0 Å². The van der Waals surface area contributed by atoms with Crippen molar-refractivity contribution >= 4 is 11.7 Å². The molecule has 2 aliphatic rings. The van der Waals surface area contributed by atoms with E-state index in [0.717, 1.165) is 51.4 Å². The van der Waals surface area contributed by atoms with E-state index >= 15 is 0 Å². The Hall–Kier alpha value is -1.26. The van der Waals surface area contributed by atoms with Crippen LogP contribution in [0.3, 0.4) is 0 Å². The molecule has 2 fully saturated rings. The van der Waals surface area contributed by atoms with Gasteiger partial charge in [0.1, 0.15) is 5.54 Å². The summed E-state index contributed by atoms with van der Waals surface area (Å²) in [5.74, 6) is 1.45. The maximum atomic E-state index is 12.6. The van der Waals surface area contributed by atoms with Gasteiger partial charge in [-0.1, -0.05) is 31.8 Å². The first kappa shape index (κ1) is 16.1. The highest BCUT2D eigenvalue weighted by Gasteiger charge is 2.42. The van der Waals surface area contributed by atoms with Gasteiger partial charge in [0.25, 0.3) is 0 Å². The highest BCUT2D eigenvalue weighted by Crippen LogP contribution is 2.36. The normalized spacial score (nSPS) is 37.4. The summed E-state index contributed by atoms with van der Waals surface area (Å²) in [5.41, 5.74) is 5.30. The van der Waals surface area contributed by atoms with Crippen LogP contribution >= 0.6 is 0 Å². The van der Waals surface area contributed by atoms with E-state index in [9.17, 15) is 4.79 Å². The number of nitrogens with two attached hydrogens (primary N) is 1. The molecule has 0 bridgehead atoms. The molecule has 0 saturated heterocycles. The van der Waals surface area contributed by atoms with Crippen molar-refractivity contribution in [2.75, 3.05) is 0 Å². The smallest absolute Gasteiger partial charge is 0.224 e. The van der Waals surface area contributed by atoms with Gasteiger partial charge in [0, 0.05) is 5.92 Å². The van der Waals surface area contributed by atoms with Crippen LogP contribution in [-0.4, -0.2) is 22.5 Å². The van der Waals surface area contributed by atoms with Gasteiger partial charge in [0.15, 0.2) is 5.84 Å². The number of rotatable bonds is 4. The van der Waals surface area contributed by atoms with Crippen molar-refractivity contribution in [3.05, 3.63) is 0 Å². The first-order valence-electron chi connectivity index (χ1n) is 8.32. The number of carbonyl (C=O) groups is 1. The molecule has 0 aromatic carbocycles. The van der Waals surface area contributed by atoms with Crippen molar-refractivity contribution in [3.8, 4) is 0 Å². The third-order valence-corrected chi connectivity index (χ3v) is 5.69. The van der Waals surface area contributed by atoms with E-state index in [0.29, 0.717) is 11.8 Å². The number of hydrogen-bond donors (Lipinski definition) is 3. The summed E-state index contributed by atoms with van der Waals surface area (Å²) in [6.07, 6.45) is 7.93. The zero-order chi connectivity index (χ0) is 15.5. The SMILES string of the molecule is CCC1CCC(NC(=O)C2CCCC2C)(C(N)=NO)CC1. The summed E-state index contributed by atoms with van der Waals surface area (Å²) in [4.78, 5) is 12.6. The number of nitrogens with zero attached hydrogens (tertiary/aromatic N) is 1. The molecular weight excluding hydrogens is 266 g/mol. The topological polar surface area (TPSA) is 87.7 Å². The molecule has 4 N–H and O–H groups in total. The predicted octanol–water partition coefficient (Wildman–Crippen LogP) is 2.62. The molecule has 2 saturated carbocycles. The molecule has 0 spiro atoms. The second-order valence-corrected chi connectivity index (χ2v) is 6.92. The Morgan fingerprint density at radius 2 is 2.00 bits per heavy atom. The molecule has 0 aromatic rings. The molecule has 1 amide bonds. The van der Waals surface area contributed by atoms with E-state index in [2.05, 4.69) is 24.3 Å². The highest BCUT2D eigenvalue weighted by molar-refractivity contribution is 5.94. The summed E-state index contributed by atoms with van der Waals surface area (Å²) in [6, 6.07) is 0. The van der Waals surface area contributed by atoms with Crippen LogP contribution in [0.5, 0.6) is 0 Å². The van der Waals surface area contributed by atoms with Gasteiger partial charge < -0.3 is 16.3 Å². The fraction of sp³-hybridized carbons (Fsp3) is 0.875. The quantitative estimate of drug-likeness (QED) is 0.322. The minimum absolute atomic E-state index is 0.0808. The molecule has 0 aromatic heterocycles. The highest BCUT2D eigenvalue weighted by atomic mass is 16.4. The van der Waals surface area contributed by atoms with Crippen LogP contribution < -0.4 is 11.1 Å². The zero-order valence-electron chi connectivity index (χ0n) is 13.3. The van der Waals surface area contributed by atoms with E-state index in [1.165, 1.54) is 0 Å². The monoisotopic (exact) mass is 295 g/mol. The summed E-state index contributed by atoms with van der Waals surface area (Å²) >= 11 is 0. The molecular formula is C16H29N3O2. The van der Waals surface area contributed by atoms with Gasteiger partial charge in [-0.15, -0.1) is 0 Å².